The molecule has 3 aromatic heterocycles. The molecule has 0 spiro atoms. The lowest BCUT2D eigenvalue weighted by Crippen LogP contribution is -2.05. The molecule has 0 aliphatic heterocycles. The maximum Gasteiger partial charge on any atom is 0.205 e. The second-order valence-electron chi connectivity index (χ2n) is 8.92. The fourth-order valence-corrected chi connectivity index (χ4v) is 4.65. The normalized spacial score (nSPS) is 11.2. The van der Waals surface area contributed by atoms with Gasteiger partial charge in [0.05, 0.1) is 12.2 Å². The lowest BCUT2D eigenvalue weighted by atomic mass is 9.98. The van der Waals surface area contributed by atoms with Gasteiger partial charge in [-0.15, -0.1) is 10.2 Å². The largest absolute Gasteiger partial charge is 0.354 e. The van der Waals surface area contributed by atoms with Gasteiger partial charge in [0.25, 0.3) is 0 Å². The standard InChI is InChI=1S/C29H26N8/c1-3-26-32-27-25(31-22-9-5-4-6-10-22)17-19(2)30-29(27)37(26)18-20-13-15-21(16-14-20)23-11-7-8-12-24(23)28-33-35-36-34-28/h4-17H,3,18H2,1-2H3,(H,30,31)(H,33,34,35,36). The number of hydrogen-bond donors (Lipinski definition) is 2. The molecule has 0 fully saturated rings. The minimum absolute atomic E-state index is 0.582. The van der Waals surface area contributed by atoms with E-state index in [1.807, 2.05) is 43.3 Å². The summed E-state index contributed by atoms with van der Waals surface area (Å²) >= 11 is 0. The Hall–Kier alpha value is -4.85. The molecule has 0 atom stereocenters. The Bertz CT molecular complexity index is 1650. The molecule has 0 saturated carbocycles. The second kappa shape index (κ2) is 9.66. The monoisotopic (exact) mass is 486 g/mol. The molecule has 2 N–H and O–H groups in total. The Morgan fingerprint density at radius 3 is 2.35 bits per heavy atom. The zero-order chi connectivity index (χ0) is 25.2. The van der Waals surface area contributed by atoms with Gasteiger partial charge < -0.3 is 9.88 Å². The molecule has 0 bridgehead atoms. The van der Waals surface area contributed by atoms with Gasteiger partial charge >= 0.3 is 0 Å². The van der Waals surface area contributed by atoms with Crippen LogP contribution in [0.5, 0.6) is 0 Å². The Labute approximate surface area is 214 Å². The lowest BCUT2D eigenvalue weighted by molar-refractivity contribution is 0.745. The fraction of sp³-hybridized carbons (Fsp3) is 0.138. The molecule has 3 heterocycles. The number of pyridine rings is 1. The number of imidazole rings is 1. The number of para-hydroxylation sites is 1. The Balaban J connectivity index is 1.34. The van der Waals surface area contributed by atoms with Crippen molar-refractivity contribution < 1.29 is 0 Å². The van der Waals surface area contributed by atoms with Gasteiger partial charge in [-0.05, 0) is 47.0 Å². The summed E-state index contributed by atoms with van der Waals surface area (Å²) in [7, 11) is 0. The van der Waals surface area contributed by atoms with Crippen molar-refractivity contribution in [3.05, 3.63) is 102 Å². The van der Waals surface area contributed by atoms with E-state index in [1.54, 1.807) is 0 Å². The number of fused-ring (bicyclic) bond motifs is 1. The first-order valence-electron chi connectivity index (χ1n) is 12.3. The summed E-state index contributed by atoms with van der Waals surface area (Å²) in [6.07, 6.45) is 0.816. The summed E-state index contributed by atoms with van der Waals surface area (Å²) in [5, 5.41) is 18.1. The van der Waals surface area contributed by atoms with Crippen LogP contribution in [0.2, 0.25) is 0 Å². The SMILES string of the molecule is CCc1nc2c(Nc3ccccc3)cc(C)nc2n1Cc1ccc(-c2ccccc2-c2nn[nH]n2)cc1. The van der Waals surface area contributed by atoms with Gasteiger partial charge in [-0.25, -0.2) is 9.97 Å². The highest BCUT2D eigenvalue weighted by Crippen LogP contribution is 2.31. The number of nitrogens with zero attached hydrogens (tertiary/aromatic N) is 6. The minimum Gasteiger partial charge on any atom is -0.354 e. The highest BCUT2D eigenvalue weighted by atomic mass is 15.5. The summed E-state index contributed by atoms with van der Waals surface area (Å²) in [6.45, 7) is 4.84. The Morgan fingerprint density at radius 2 is 1.62 bits per heavy atom. The van der Waals surface area contributed by atoms with Crippen LogP contribution in [0.25, 0.3) is 33.7 Å². The molecule has 0 amide bonds. The molecule has 37 heavy (non-hydrogen) atoms. The van der Waals surface area contributed by atoms with Crippen LogP contribution in [0.3, 0.4) is 0 Å². The van der Waals surface area contributed by atoms with E-state index in [-0.39, 0.29) is 0 Å². The predicted molar refractivity (Wildman–Crippen MR) is 146 cm³/mol. The Kier molecular flexibility index (Phi) is 5.90. The van der Waals surface area contributed by atoms with E-state index < -0.39 is 0 Å². The van der Waals surface area contributed by atoms with E-state index in [4.69, 9.17) is 9.97 Å². The van der Waals surface area contributed by atoms with Gasteiger partial charge in [0.2, 0.25) is 5.82 Å². The number of H-pyrrole nitrogens is 1. The van der Waals surface area contributed by atoms with E-state index >= 15 is 0 Å². The van der Waals surface area contributed by atoms with E-state index in [9.17, 15) is 0 Å². The quantitative estimate of drug-likeness (QED) is 0.290. The topological polar surface area (TPSA) is 97.2 Å². The zero-order valence-corrected chi connectivity index (χ0v) is 20.7. The maximum atomic E-state index is 4.98. The number of hydrogen-bond acceptors (Lipinski definition) is 6. The molecule has 8 heteroatoms. The van der Waals surface area contributed by atoms with Gasteiger partial charge in [-0.1, -0.05) is 73.7 Å². The van der Waals surface area contributed by atoms with Crippen LogP contribution in [-0.2, 0) is 13.0 Å². The molecule has 6 aromatic rings. The molecule has 6 rings (SSSR count). The number of aromatic nitrogens is 7. The lowest BCUT2D eigenvalue weighted by Gasteiger charge is -2.11. The first-order valence-corrected chi connectivity index (χ1v) is 12.3. The van der Waals surface area contributed by atoms with Crippen LogP contribution in [0.1, 0.15) is 24.0 Å². The summed E-state index contributed by atoms with van der Waals surface area (Å²) < 4.78 is 2.22. The molecule has 0 aliphatic rings. The van der Waals surface area contributed by atoms with Crippen molar-refractivity contribution in [3.8, 4) is 22.5 Å². The maximum absolute atomic E-state index is 4.98. The minimum atomic E-state index is 0.582. The highest BCUT2D eigenvalue weighted by Gasteiger charge is 2.16. The van der Waals surface area contributed by atoms with Crippen LogP contribution >= 0.6 is 0 Å². The summed E-state index contributed by atoms with van der Waals surface area (Å²) in [4.78, 5) is 9.87. The first-order chi connectivity index (χ1) is 18.2. The van der Waals surface area contributed by atoms with Crippen LogP contribution in [0.4, 0.5) is 11.4 Å². The van der Waals surface area contributed by atoms with Crippen LogP contribution < -0.4 is 5.32 Å². The number of aryl methyl sites for hydroxylation is 2. The van der Waals surface area contributed by atoms with Crippen LogP contribution in [0, 0.1) is 6.92 Å². The molecule has 0 saturated heterocycles. The molecular weight excluding hydrogens is 460 g/mol. The molecule has 0 aliphatic carbocycles. The third-order valence-corrected chi connectivity index (χ3v) is 6.40. The third-order valence-electron chi connectivity index (χ3n) is 6.40. The third kappa shape index (κ3) is 4.45. The van der Waals surface area contributed by atoms with E-state index in [0.717, 1.165) is 57.2 Å². The van der Waals surface area contributed by atoms with Gasteiger partial charge in [0, 0.05) is 23.4 Å². The first kappa shape index (κ1) is 22.6. The number of rotatable bonds is 7. The summed E-state index contributed by atoms with van der Waals surface area (Å²) in [5.41, 5.74) is 8.99. The summed E-state index contributed by atoms with van der Waals surface area (Å²) in [5.74, 6) is 1.59. The number of aromatic amines is 1. The van der Waals surface area contributed by atoms with E-state index in [0.29, 0.717) is 12.4 Å². The number of nitrogens with one attached hydrogen (secondary N) is 2. The number of tetrazole rings is 1. The number of benzene rings is 3. The van der Waals surface area contributed by atoms with Crippen molar-refractivity contribution >= 4 is 22.5 Å². The van der Waals surface area contributed by atoms with E-state index in [1.165, 1.54) is 5.56 Å². The molecule has 3 aromatic carbocycles. The Morgan fingerprint density at radius 1 is 0.865 bits per heavy atom. The van der Waals surface area contributed by atoms with Crippen LogP contribution in [0.15, 0.2) is 84.9 Å². The average Bonchev–Trinajstić information content (AvgIpc) is 3.59. The van der Waals surface area contributed by atoms with Crippen molar-refractivity contribution in [2.45, 2.75) is 26.8 Å². The van der Waals surface area contributed by atoms with Crippen molar-refractivity contribution in [1.29, 1.82) is 0 Å². The van der Waals surface area contributed by atoms with Gasteiger partial charge in [0.1, 0.15) is 11.3 Å². The van der Waals surface area contributed by atoms with Crippen molar-refractivity contribution in [3.63, 3.8) is 0 Å². The molecule has 0 unspecified atom stereocenters. The average molecular weight is 487 g/mol. The van der Waals surface area contributed by atoms with Gasteiger partial charge in [-0.2, -0.15) is 5.21 Å². The molecule has 0 radical (unpaired) electrons. The smallest absolute Gasteiger partial charge is 0.205 e. The summed E-state index contributed by atoms with van der Waals surface area (Å²) in [6, 6.07) is 28.9. The van der Waals surface area contributed by atoms with E-state index in [2.05, 4.69) is 86.0 Å². The van der Waals surface area contributed by atoms with Crippen molar-refractivity contribution in [2.24, 2.45) is 0 Å². The fourth-order valence-electron chi connectivity index (χ4n) is 4.65. The second-order valence-corrected chi connectivity index (χ2v) is 8.92. The molecule has 182 valence electrons. The molecule has 8 nitrogen and oxygen atoms in total. The zero-order valence-electron chi connectivity index (χ0n) is 20.7. The van der Waals surface area contributed by atoms with Gasteiger partial charge in [-0.3, -0.25) is 0 Å². The van der Waals surface area contributed by atoms with Crippen LogP contribution in [-0.4, -0.2) is 35.2 Å². The van der Waals surface area contributed by atoms with Crippen molar-refractivity contribution in [2.75, 3.05) is 5.32 Å². The molecular formula is C29H26N8. The van der Waals surface area contributed by atoms with Crippen molar-refractivity contribution in [1.82, 2.24) is 35.2 Å². The number of anilines is 2. The van der Waals surface area contributed by atoms with Gasteiger partial charge in [0.15, 0.2) is 5.65 Å². The predicted octanol–water partition coefficient (Wildman–Crippen LogP) is 5.94. The highest BCUT2D eigenvalue weighted by molar-refractivity contribution is 5.89.